The van der Waals surface area contributed by atoms with Gasteiger partial charge < -0.3 is 9.64 Å². The van der Waals surface area contributed by atoms with Crippen molar-refractivity contribution >= 4 is 11.9 Å². The van der Waals surface area contributed by atoms with E-state index in [-0.39, 0.29) is 5.91 Å². The summed E-state index contributed by atoms with van der Waals surface area (Å²) < 4.78 is 5.50. The van der Waals surface area contributed by atoms with E-state index in [1.54, 1.807) is 11.8 Å². The third kappa shape index (κ3) is 3.75. The van der Waals surface area contributed by atoms with Crippen LogP contribution in [-0.2, 0) is 35.3 Å². The molecular weight excluding hydrogens is 338 g/mol. The molecule has 1 atom stereocenters. The Morgan fingerprint density at radius 3 is 2.44 bits per heavy atom. The van der Waals surface area contributed by atoms with E-state index in [0.717, 1.165) is 25.7 Å². The van der Waals surface area contributed by atoms with Gasteiger partial charge >= 0.3 is 5.97 Å². The van der Waals surface area contributed by atoms with E-state index in [0.29, 0.717) is 18.7 Å². The Bertz CT molecular complexity index is 874. The van der Waals surface area contributed by atoms with Crippen molar-refractivity contribution in [2.75, 3.05) is 6.54 Å². The molecule has 0 saturated carbocycles. The topological polar surface area (TPSA) is 46.6 Å². The molecule has 4 rings (SSSR count). The first kappa shape index (κ1) is 17.8. The Morgan fingerprint density at radius 1 is 0.926 bits per heavy atom. The molecule has 0 bridgehead atoms. The summed E-state index contributed by atoms with van der Waals surface area (Å²) in [5.41, 5.74) is 5.57. The Labute approximate surface area is 160 Å². The lowest BCUT2D eigenvalue weighted by Gasteiger charge is -2.30. The average molecular weight is 363 g/mol. The van der Waals surface area contributed by atoms with E-state index in [4.69, 9.17) is 4.74 Å². The molecule has 1 heterocycles. The van der Waals surface area contributed by atoms with Gasteiger partial charge in [-0.1, -0.05) is 30.3 Å². The third-order valence-corrected chi connectivity index (χ3v) is 5.66. The molecule has 0 aromatic heterocycles. The number of nitrogens with zero attached hydrogens (tertiary/aromatic N) is 1. The molecule has 1 aliphatic heterocycles. The van der Waals surface area contributed by atoms with Crippen molar-refractivity contribution in [3.8, 4) is 0 Å². The first-order valence-corrected chi connectivity index (χ1v) is 9.80. The molecule has 2 aromatic rings. The second kappa shape index (κ2) is 7.55. The first-order valence-electron chi connectivity index (χ1n) is 9.80. The molecule has 27 heavy (non-hydrogen) atoms. The number of fused-ring (bicyclic) bond motifs is 2. The molecule has 0 saturated heterocycles. The summed E-state index contributed by atoms with van der Waals surface area (Å²) in [4.78, 5) is 27.1. The molecule has 140 valence electrons. The third-order valence-electron chi connectivity index (χ3n) is 5.66. The molecule has 4 heteroatoms. The smallest absolute Gasteiger partial charge is 0.338 e. The van der Waals surface area contributed by atoms with Crippen LogP contribution in [0.25, 0.3) is 0 Å². The Hall–Kier alpha value is -2.62. The number of hydrogen-bond donors (Lipinski definition) is 0. The Morgan fingerprint density at radius 2 is 1.63 bits per heavy atom. The van der Waals surface area contributed by atoms with Crippen molar-refractivity contribution in [1.82, 2.24) is 4.90 Å². The lowest BCUT2D eigenvalue weighted by Crippen LogP contribution is -2.42. The summed E-state index contributed by atoms with van der Waals surface area (Å²) in [5.74, 6) is -0.544. The van der Waals surface area contributed by atoms with Crippen molar-refractivity contribution in [3.63, 3.8) is 0 Å². The van der Waals surface area contributed by atoms with Crippen LogP contribution in [-0.4, -0.2) is 29.4 Å². The minimum atomic E-state index is -0.779. The van der Waals surface area contributed by atoms with Gasteiger partial charge in [-0.15, -0.1) is 0 Å². The number of benzene rings is 2. The van der Waals surface area contributed by atoms with E-state index in [2.05, 4.69) is 12.1 Å². The number of amides is 1. The normalized spacial score (nSPS) is 16.9. The monoisotopic (exact) mass is 363 g/mol. The Kier molecular flexibility index (Phi) is 4.97. The zero-order valence-electron chi connectivity index (χ0n) is 15.7. The fourth-order valence-corrected chi connectivity index (χ4v) is 4.08. The molecule has 2 aromatic carbocycles. The highest BCUT2D eigenvalue weighted by Crippen LogP contribution is 2.23. The molecule has 0 fully saturated rings. The van der Waals surface area contributed by atoms with E-state index < -0.39 is 12.1 Å². The van der Waals surface area contributed by atoms with Gasteiger partial charge in [0.15, 0.2) is 6.10 Å². The maximum absolute atomic E-state index is 12.8. The summed E-state index contributed by atoms with van der Waals surface area (Å²) >= 11 is 0. The summed E-state index contributed by atoms with van der Waals surface area (Å²) in [6.45, 7) is 2.91. The maximum atomic E-state index is 12.8. The fourth-order valence-electron chi connectivity index (χ4n) is 4.08. The van der Waals surface area contributed by atoms with Crippen molar-refractivity contribution < 1.29 is 14.3 Å². The van der Waals surface area contributed by atoms with Crippen LogP contribution >= 0.6 is 0 Å². The van der Waals surface area contributed by atoms with Crippen LogP contribution in [0, 0.1) is 0 Å². The van der Waals surface area contributed by atoms with Crippen LogP contribution in [0.4, 0.5) is 0 Å². The number of aryl methyl sites for hydroxylation is 2. The number of carbonyl (C=O) groups excluding carboxylic acids is 2. The van der Waals surface area contributed by atoms with Crippen LogP contribution < -0.4 is 0 Å². The van der Waals surface area contributed by atoms with E-state index >= 15 is 0 Å². The SMILES string of the molecule is C[C@@H](OC(=O)c1ccc2c(c1)CCCC2)C(=O)N1CCc2ccccc2C1. The number of rotatable bonds is 3. The highest BCUT2D eigenvalue weighted by Gasteiger charge is 2.27. The van der Waals surface area contributed by atoms with Crippen molar-refractivity contribution in [3.05, 3.63) is 70.3 Å². The second-order valence-electron chi connectivity index (χ2n) is 7.52. The molecule has 4 nitrogen and oxygen atoms in total. The van der Waals surface area contributed by atoms with E-state index in [1.165, 1.54) is 28.7 Å². The van der Waals surface area contributed by atoms with Crippen molar-refractivity contribution in [1.29, 1.82) is 0 Å². The average Bonchev–Trinajstić information content (AvgIpc) is 2.72. The van der Waals surface area contributed by atoms with Gasteiger partial charge in [0.25, 0.3) is 5.91 Å². The standard InChI is InChI=1S/C23H25NO3/c1-16(22(25)24-13-12-18-7-3-5-9-21(18)15-24)27-23(26)20-11-10-17-6-2-4-8-19(17)14-20/h3,5,7,9-11,14,16H,2,4,6,8,12-13,15H2,1H3/t16-/m1/s1. The minimum absolute atomic E-state index is 0.129. The van der Waals surface area contributed by atoms with E-state index in [9.17, 15) is 9.59 Å². The predicted octanol–water partition coefficient (Wildman–Crippen LogP) is 3.70. The van der Waals surface area contributed by atoms with Crippen molar-refractivity contribution in [2.24, 2.45) is 0 Å². The van der Waals surface area contributed by atoms with E-state index in [1.807, 2.05) is 30.3 Å². The lowest BCUT2D eigenvalue weighted by atomic mass is 9.90. The van der Waals surface area contributed by atoms with Crippen LogP contribution in [0.15, 0.2) is 42.5 Å². The Balaban J connectivity index is 1.40. The number of esters is 1. The molecular formula is C23H25NO3. The van der Waals surface area contributed by atoms with Gasteiger partial charge in [0, 0.05) is 13.1 Å². The van der Waals surface area contributed by atoms with Gasteiger partial charge in [0.2, 0.25) is 0 Å². The summed E-state index contributed by atoms with van der Waals surface area (Å²) in [6.07, 6.45) is 4.53. The van der Waals surface area contributed by atoms with Crippen molar-refractivity contribution in [2.45, 2.75) is 51.7 Å². The van der Waals surface area contributed by atoms with Crippen LogP contribution in [0.3, 0.4) is 0 Å². The fraction of sp³-hybridized carbons (Fsp3) is 0.391. The predicted molar refractivity (Wildman–Crippen MR) is 104 cm³/mol. The quantitative estimate of drug-likeness (QED) is 0.781. The van der Waals surface area contributed by atoms with Gasteiger partial charge in [-0.2, -0.15) is 0 Å². The first-order chi connectivity index (χ1) is 13.1. The highest BCUT2D eigenvalue weighted by atomic mass is 16.5. The maximum Gasteiger partial charge on any atom is 0.338 e. The molecule has 1 aliphatic carbocycles. The largest absolute Gasteiger partial charge is 0.449 e. The van der Waals surface area contributed by atoms with Gasteiger partial charge in [0.1, 0.15) is 0 Å². The molecule has 0 N–H and O–H groups in total. The molecule has 2 aliphatic rings. The molecule has 0 unspecified atom stereocenters. The van der Waals surface area contributed by atoms with Gasteiger partial charge in [-0.05, 0) is 73.4 Å². The number of carbonyl (C=O) groups is 2. The van der Waals surface area contributed by atoms with Crippen LogP contribution in [0.5, 0.6) is 0 Å². The van der Waals surface area contributed by atoms with Gasteiger partial charge in [-0.3, -0.25) is 4.79 Å². The van der Waals surface area contributed by atoms with Gasteiger partial charge in [-0.25, -0.2) is 4.79 Å². The zero-order valence-corrected chi connectivity index (χ0v) is 15.7. The zero-order chi connectivity index (χ0) is 18.8. The lowest BCUT2D eigenvalue weighted by molar-refractivity contribution is -0.140. The summed E-state index contributed by atoms with van der Waals surface area (Å²) in [7, 11) is 0. The number of hydrogen-bond acceptors (Lipinski definition) is 3. The van der Waals surface area contributed by atoms with Crippen LogP contribution in [0.2, 0.25) is 0 Å². The molecule has 1 amide bonds. The van der Waals surface area contributed by atoms with Crippen LogP contribution in [0.1, 0.15) is 52.4 Å². The molecule has 0 radical (unpaired) electrons. The second-order valence-corrected chi connectivity index (χ2v) is 7.52. The number of ether oxygens (including phenoxy) is 1. The summed E-state index contributed by atoms with van der Waals surface area (Å²) in [5, 5.41) is 0. The van der Waals surface area contributed by atoms with Gasteiger partial charge in [0.05, 0.1) is 5.56 Å². The highest BCUT2D eigenvalue weighted by molar-refractivity contribution is 5.92. The molecule has 0 spiro atoms. The summed E-state index contributed by atoms with van der Waals surface area (Å²) in [6, 6.07) is 14.0. The minimum Gasteiger partial charge on any atom is -0.449 e.